The van der Waals surface area contributed by atoms with E-state index in [0.29, 0.717) is 19.0 Å². The van der Waals surface area contributed by atoms with E-state index in [1.54, 1.807) is 7.05 Å². The Hall–Kier alpha value is -3.88. The molecular weight excluding hydrogens is 398 g/mol. The molecule has 2 aliphatic heterocycles. The Balaban J connectivity index is 1.68. The fraction of sp³-hybridized carbons (Fsp3) is 0.273. The highest BCUT2D eigenvalue weighted by molar-refractivity contribution is 6.22. The van der Waals surface area contributed by atoms with Gasteiger partial charge in [0.2, 0.25) is 5.96 Å². The molecule has 9 heteroatoms. The minimum absolute atomic E-state index is 0.325. The van der Waals surface area contributed by atoms with Gasteiger partial charge in [-0.15, -0.1) is 0 Å². The molecule has 0 aliphatic carbocycles. The molecule has 9 nitrogen and oxygen atoms in total. The molecule has 31 heavy (non-hydrogen) atoms. The van der Waals surface area contributed by atoms with Crippen molar-refractivity contribution in [1.29, 1.82) is 0 Å². The van der Waals surface area contributed by atoms with Crippen LogP contribution in [0.25, 0.3) is 0 Å². The van der Waals surface area contributed by atoms with Crippen LogP contribution in [0.4, 0.5) is 4.79 Å². The molecule has 0 aromatic heterocycles. The minimum atomic E-state index is -2.04. The van der Waals surface area contributed by atoms with Crippen molar-refractivity contribution in [1.82, 2.24) is 19.6 Å². The highest BCUT2D eigenvalue weighted by Crippen LogP contribution is 2.33. The van der Waals surface area contributed by atoms with Crippen LogP contribution in [0.15, 0.2) is 65.8 Å². The van der Waals surface area contributed by atoms with Crippen molar-refractivity contribution in [3.8, 4) is 0 Å². The van der Waals surface area contributed by atoms with Gasteiger partial charge < -0.3 is 9.74 Å². The van der Waals surface area contributed by atoms with E-state index in [2.05, 4.69) is 5.16 Å². The van der Waals surface area contributed by atoms with Gasteiger partial charge in [0.05, 0.1) is 0 Å². The fourth-order valence-corrected chi connectivity index (χ4v) is 3.75. The Kier molecular flexibility index (Phi) is 5.10. The number of carbonyl (C=O) groups excluding carboxylic acids is 3. The Morgan fingerprint density at radius 1 is 0.806 bits per heavy atom. The third-order valence-corrected chi connectivity index (χ3v) is 5.51. The average Bonchev–Trinajstić information content (AvgIpc) is 3.14. The van der Waals surface area contributed by atoms with Gasteiger partial charge in [-0.25, -0.2) is 4.79 Å². The third kappa shape index (κ3) is 3.27. The third-order valence-electron chi connectivity index (χ3n) is 5.51. The molecule has 0 bridgehead atoms. The van der Waals surface area contributed by atoms with Crippen LogP contribution in [-0.2, 0) is 27.5 Å². The standard InChI is InChI=1S/C22H23N5O4/c1-24-18(28)22(19(29)25(2)21(24)30)26(3)20(23-31-22)27(14-16-10-6-4-7-11-16)15-17-12-8-5-9-13-17/h4-13H,14-15H2,1-3H3. The zero-order chi connectivity index (χ0) is 22.2. The van der Waals surface area contributed by atoms with E-state index in [1.807, 2.05) is 65.6 Å². The zero-order valence-corrected chi connectivity index (χ0v) is 17.6. The van der Waals surface area contributed by atoms with Gasteiger partial charge in [0.25, 0.3) is 0 Å². The number of carbonyl (C=O) groups is 3. The normalized spacial score (nSPS) is 17.8. The second kappa shape index (κ2) is 7.75. The van der Waals surface area contributed by atoms with Crippen molar-refractivity contribution in [3.63, 3.8) is 0 Å². The number of urea groups is 1. The number of barbiturate groups is 1. The Bertz CT molecular complexity index is 975. The van der Waals surface area contributed by atoms with Gasteiger partial charge in [0.15, 0.2) is 0 Å². The first kappa shape index (κ1) is 20.4. The number of guanidine groups is 1. The summed E-state index contributed by atoms with van der Waals surface area (Å²) in [5.41, 5.74) is 0.0145. The van der Waals surface area contributed by atoms with Gasteiger partial charge in [0, 0.05) is 34.2 Å². The van der Waals surface area contributed by atoms with Crippen LogP contribution in [0.1, 0.15) is 11.1 Å². The molecule has 2 aromatic carbocycles. The Morgan fingerprint density at radius 3 is 1.71 bits per heavy atom. The molecule has 4 amide bonds. The number of hydrogen-bond acceptors (Lipinski definition) is 7. The van der Waals surface area contributed by atoms with Gasteiger partial charge in [-0.3, -0.25) is 24.3 Å². The molecule has 0 atom stereocenters. The summed E-state index contributed by atoms with van der Waals surface area (Å²) in [5.74, 6) is -1.23. The lowest BCUT2D eigenvalue weighted by molar-refractivity contribution is -0.186. The molecule has 2 aliphatic rings. The number of oxime groups is 1. The number of nitrogens with zero attached hydrogens (tertiary/aromatic N) is 5. The summed E-state index contributed by atoms with van der Waals surface area (Å²) in [7, 11) is 4.20. The predicted molar refractivity (Wildman–Crippen MR) is 112 cm³/mol. The van der Waals surface area contributed by atoms with E-state index in [0.717, 1.165) is 20.9 Å². The first-order valence-electron chi connectivity index (χ1n) is 9.79. The average molecular weight is 421 g/mol. The van der Waals surface area contributed by atoms with E-state index in [9.17, 15) is 14.4 Å². The van der Waals surface area contributed by atoms with Crippen molar-refractivity contribution < 1.29 is 19.2 Å². The van der Waals surface area contributed by atoms with E-state index in [1.165, 1.54) is 19.0 Å². The number of imide groups is 2. The summed E-state index contributed by atoms with van der Waals surface area (Å²) in [6.07, 6.45) is 0. The summed E-state index contributed by atoms with van der Waals surface area (Å²) in [6, 6.07) is 18.9. The zero-order valence-electron chi connectivity index (χ0n) is 17.6. The van der Waals surface area contributed by atoms with Crippen molar-refractivity contribution in [2.24, 2.45) is 5.16 Å². The molecule has 0 N–H and O–H groups in total. The lowest BCUT2D eigenvalue weighted by atomic mass is 10.1. The topological polar surface area (TPSA) is 85.8 Å². The van der Waals surface area contributed by atoms with Crippen LogP contribution >= 0.6 is 0 Å². The van der Waals surface area contributed by atoms with Crippen LogP contribution in [0.5, 0.6) is 0 Å². The largest absolute Gasteiger partial charge is 0.370 e. The van der Waals surface area contributed by atoms with E-state index in [4.69, 9.17) is 4.84 Å². The number of likely N-dealkylation sites (N-methyl/N-ethyl adjacent to an activating group) is 3. The van der Waals surface area contributed by atoms with Gasteiger partial charge in [-0.2, -0.15) is 0 Å². The Labute approximate surface area is 180 Å². The van der Waals surface area contributed by atoms with Crippen molar-refractivity contribution in [2.45, 2.75) is 18.8 Å². The van der Waals surface area contributed by atoms with Crippen LogP contribution in [0.2, 0.25) is 0 Å². The van der Waals surface area contributed by atoms with Gasteiger partial charge in [0.1, 0.15) is 0 Å². The van der Waals surface area contributed by atoms with Gasteiger partial charge in [-0.05, 0) is 16.3 Å². The molecule has 0 radical (unpaired) electrons. The molecule has 160 valence electrons. The summed E-state index contributed by atoms with van der Waals surface area (Å²) in [5, 5.41) is 4.14. The molecule has 0 saturated carbocycles. The lowest BCUT2D eigenvalue weighted by Gasteiger charge is -2.41. The number of amides is 4. The number of benzene rings is 2. The second-order valence-electron chi connectivity index (χ2n) is 7.52. The summed E-state index contributed by atoms with van der Waals surface area (Å²) >= 11 is 0. The van der Waals surface area contributed by atoms with Crippen LogP contribution in [0, 0.1) is 0 Å². The monoisotopic (exact) mass is 421 g/mol. The van der Waals surface area contributed by atoms with E-state index >= 15 is 0 Å². The Morgan fingerprint density at radius 2 is 1.26 bits per heavy atom. The van der Waals surface area contributed by atoms with Crippen molar-refractivity contribution in [2.75, 3.05) is 21.1 Å². The van der Waals surface area contributed by atoms with E-state index in [-0.39, 0.29) is 0 Å². The highest BCUT2D eigenvalue weighted by Gasteiger charge is 2.65. The summed E-state index contributed by atoms with van der Waals surface area (Å²) in [6.45, 7) is 0.955. The van der Waals surface area contributed by atoms with Crippen LogP contribution in [-0.4, -0.2) is 70.3 Å². The molecular formula is C22H23N5O4. The maximum absolute atomic E-state index is 13.0. The van der Waals surface area contributed by atoms with Crippen molar-refractivity contribution >= 4 is 23.8 Å². The maximum Gasteiger partial charge on any atom is 0.370 e. The fourth-order valence-electron chi connectivity index (χ4n) is 3.75. The first-order chi connectivity index (χ1) is 14.9. The first-order valence-corrected chi connectivity index (χ1v) is 9.79. The van der Waals surface area contributed by atoms with Gasteiger partial charge in [-0.1, -0.05) is 60.7 Å². The summed E-state index contributed by atoms with van der Waals surface area (Å²) in [4.78, 5) is 48.8. The van der Waals surface area contributed by atoms with E-state index < -0.39 is 23.6 Å². The second-order valence-corrected chi connectivity index (χ2v) is 7.52. The number of hydrogen-bond donors (Lipinski definition) is 0. The highest BCUT2D eigenvalue weighted by atomic mass is 16.7. The quantitative estimate of drug-likeness (QED) is 0.698. The molecule has 0 unspecified atom stereocenters. The van der Waals surface area contributed by atoms with Gasteiger partial charge >= 0.3 is 23.6 Å². The SMILES string of the molecule is CN1C(=O)N(C)C(=O)C2(ON=C(N(Cc3ccccc3)Cc3ccccc3)N2C)C1=O. The molecule has 1 saturated heterocycles. The molecule has 4 rings (SSSR count). The summed E-state index contributed by atoms with van der Waals surface area (Å²) < 4.78 is 0. The van der Waals surface area contributed by atoms with Crippen molar-refractivity contribution in [3.05, 3.63) is 71.8 Å². The number of rotatable bonds is 4. The maximum atomic E-state index is 13.0. The smallest absolute Gasteiger partial charge is 0.342 e. The van der Waals surface area contributed by atoms with Crippen LogP contribution in [0.3, 0.4) is 0 Å². The molecule has 1 spiro atoms. The molecule has 1 fully saturated rings. The molecule has 2 aromatic rings. The predicted octanol–water partition coefficient (Wildman–Crippen LogP) is 1.67. The lowest BCUT2D eigenvalue weighted by Crippen LogP contribution is -2.73. The molecule has 2 heterocycles. The minimum Gasteiger partial charge on any atom is -0.342 e. The van der Waals surface area contributed by atoms with Crippen LogP contribution < -0.4 is 0 Å².